The van der Waals surface area contributed by atoms with Crippen LogP contribution < -0.4 is 0 Å². The van der Waals surface area contributed by atoms with E-state index in [9.17, 15) is 4.79 Å². The van der Waals surface area contributed by atoms with Crippen LogP contribution in [-0.4, -0.2) is 40.5 Å². The fraction of sp³-hybridized carbons (Fsp3) is 0.714. The van der Waals surface area contributed by atoms with Crippen LogP contribution in [0.5, 0.6) is 0 Å². The zero-order valence-corrected chi connectivity index (χ0v) is 7.16. The number of aliphatic hydroxyl groups is 1. The van der Waals surface area contributed by atoms with Gasteiger partial charge >= 0.3 is 0 Å². The summed E-state index contributed by atoms with van der Waals surface area (Å²) < 4.78 is 0. The van der Waals surface area contributed by atoms with Crippen molar-refractivity contribution in [3.05, 3.63) is 0 Å². The number of β-amino-alcohol motifs (C(OH)–C–C–N with tert-alkyl or cyclic N) is 1. The number of halogens is 1. The third-order valence-electron chi connectivity index (χ3n) is 1.86. The Kier molecular flexibility index (Phi) is 2.90. The Balaban J connectivity index is 2.65. The number of likely N-dealkylation sites (tertiary alicyclic amines) is 1. The van der Waals surface area contributed by atoms with Crippen LogP contribution in [0.1, 0.15) is 6.42 Å². The highest BCUT2D eigenvalue weighted by atomic mass is 35.5. The van der Waals surface area contributed by atoms with Gasteiger partial charge < -0.3 is 10.0 Å². The molecule has 0 unspecified atom stereocenters. The molecular weight excluding hydrogens is 180 g/mol. The molecule has 0 aromatic carbocycles. The van der Waals surface area contributed by atoms with Gasteiger partial charge in [-0.2, -0.15) is 5.26 Å². The number of hydrogen-bond acceptors (Lipinski definition) is 3. The van der Waals surface area contributed by atoms with Crippen molar-refractivity contribution in [2.45, 2.75) is 18.6 Å². The van der Waals surface area contributed by atoms with E-state index in [1.54, 1.807) is 0 Å². The highest BCUT2D eigenvalue weighted by Crippen LogP contribution is 2.17. The van der Waals surface area contributed by atoms with Crippen LogP contribution >= 0.6 is 11.6 Å². The molecule has 0 aromatic rings. The topological polar surface area (TPSA) is 64.3 Å². The maximum absolute atomic E-state index is 11.1. The fourth-order valence-corrected chi connectivity index (χ4v) is 1.44. The third-order valence-corrected chi connectivity index (χ3v) is 2.09. The van der Waals surface area contributed by atoms with Gasteiger partial charge in [-0.05, 0) is 0 Å². The Hall–Kier alpha value is -0.790. The number of nitriles is 1. The molecule has 1 rings (SSSR count). The Morgan fingerprint density at radius 1 is 1.83 bits per heavy atom. The molecular formula is C7H9ClN2O2. The van der Waals surface area contributed by atoms with Crippen LogP contribution in [0.25, 0.3) is 0 Å². The average molecular weight is 189 g/mol. The molecule has 1 aliphatic heterocycles. The molecule has 0 radical (unpaired) electrons. The minimum Gasteiger partial charge on any atom is -0.391 e. The maximum atomic E-state index is 11.1. The Labute approximate surface area is 75.3 Å². The van der Waals surface area contributed by atoms with E-state index in [0.29, 0.717) is 6.42 Å². The fourth-order valence-electron chi connectivity index (χ4n) is 1.29. The first-order valence-corrected chi connectivity index (χ1v) is 4.15. The smallest absolute Gasteiger partial charge is 0.238 e. The lowest BCUT2D eigenvalue weighted by Crippen LogP contribution is -2.36. The molecule has 1 heterocycles. The summed E-state index contributed by atoms with van der Waals surface area (Å²) >= 11 is 5.32. The van der Waals surface area contributed by atoms with Crippen molar-refractivity contribution in [1.29, 1.82) is 5.26 Å². The molecule has 1 amide bonds. The first-order chi connectivity index (χ1) is 5.69. The summed E-state index contributed by atoms with van der Waals surface area (Å²) in [5, 5.41) is 17.8. The summed E-state index contributed by atoms with van der Waals surface area (Å²) in [4.78, 5) is 12.4. The molecule has 2 atom stereocenters. The van der Waals surface area contributed by atoms with E-state index in [0.717, 1.165) is 0 Å². The molecule has 5 heteroatoms. The summed E-state index contributed by atoms with van der Waals surface area (Å²) in [5.41, 5.74) is 0. The van der Waals surface area contributed by atoms with Crippen molar-refractivity contribution in [3.63, 3.8) is 0 Å². The Morgan fingerprint density at radius 3 is 3.00 bits per heavy atom. The molecule has 1 fully saturated rings. The zero-order chi connectivity index (χ0) is 9.14. The first-order valence-electron chi connectivity index (χ1n) is 3.62. The molecule has 1 saturated heterocycles. The Morgan fingerprint density at radius 2 is 2.50 bits per heavy atom. The van der Waals surface area contributed by atoms with E-state index in [1.165, 1.54) is 4.90 Å². The number of nitrogens with zero attached hydrogens (tertiary/aromatic N) is 2. The molecule has 0 spiro atoms. The van der Waals surface area contributed by atoms with Crippen LogP contribution in [0.3, 0.4) is 0 Å². The first kappa shape index (κ1) is 9.30. The van der Waals surface area contributed by atoms with Crippen LogP contribution in [0.2, 0.25) is 0 Å². The van der Waals surface area contributed by atoms with Crippen LogP contribution in [0.15, 0.2) is 0 Å². The van der Waals surface area contributed by atoms with E-state index >= 15 is 0 Å². The summed E-state index contributed by atoms with van der Waals surface area (Å²) in [6, 6.07) is 1.44. The lowest BCUT2D eigenvalue weighted by atomic mass is 10.2. The van der Waals surface area contributed by atoms with E-state index in [-0.39, 0.29) is 18.3 Å². The largest absolute Gasteiger partial charge is 0.391 e. The number of rotatable bonds is 1. The molecule has 1 N–H and O–H groups in total. The number of amides is 1. The van der Waals surface area contributed by atoms with Gasteiger partial charge in [0.2, 0.25) is 5.91 Å². The molecule has 4 nitrogen and oxygen atoms in total. The van der Waals surface area contributed by atoms with Gasteiger partial charge in [0.1, 0.15) is 11.9 Å². The SMILES string of the molecule is N#C[C@@H]1C[C@H](O)CN1C(=O)CCl. The number of hydrogen-bond donors (Lipinski definition) is 1. The van der Waals surface area contributed by atoms with Gasteiger partial charge in [-0.25, -0.2) is 0 Å². The van der Waals surface area contributed by atoms with Gasteiger partial charge in [-0.3, -0.25) is 4.79 Å². The normalized spacial score (nSPS) is 28.6. The third kappa shape index (κ3) is 1.68. The molecule has 0 saturated carbocycles. The lowest BCUT2D eigenvalue weighted by Gasteiger charge is -2.17. The van der Waals surface area contributed by atoms with Crippen LogP contribution in [-0.2, 0) is 4.79 Å². The zero-order valence-electron chi connectivity index (χ0n) is 6.40. The molecule has 0 bridgehead atoms. The van der Waals surface area contributed by atoms with E-state index in [1.807, 2.05) is 6.07 Å². The van der Waals surface area contributed by atoms with Gasteiger partial charge in [-0.1, -0.05) is 0 Å². The second kappa shape index (κ2) is 3.74. The van der Waals surface area contributed by atoms with Gasteiger partial charge in [0.15, 0.2) is 0 Å². The second-order valence-corrected chi connectivity index (χ2v) is 2.98. The minimum atomic E-state index is -0.582. The van der Waals surface area contributed by atoms with Crippen LogP contribution in [0.4, 0.5) is 0 Å². The van der Waals surface area contributed by atoms with Gasteiger partial charge in [0.25, 0.3) is 0 Å². The predicted octanol–water partition coefficient (Wildman–Crippen LogP) is -0.289. The predicted molar refractivity (Wildman–Crippen MR) is 42.5 cm³/mol. The molecule has 1 aliphatic rings. The molecule has 66 valence electrons. The average Bonchev–Trinajstić information content (AvgIpc) is 2.45. The van der Waals surface area contributed by atoms with Crippen molar-refractivity contribution >= 4 is 17.5 Å². The second-order valence-electron chi connectivity index (χ2n) is 2.71. The number of alkyl halides is 1. The standard InChI is InChI=1S/C7H9ClN2O2/c8-2-7(12)10-4-6(11)1-5(10)3-9/h5-6,11H,1-2,4H2/t5-,6-/m0/s1. The van der Waals surface area contributed by atoms with E-state index in [2.05, 4.69) is 0 Å². The van der Waals surface area contributed by atoms with E-state index < -0.39 is 12.1 Å². The summed E-state index contributed by atoms with van der Waals surface area (Å²) in [6.07, 6.45) is -0.249. The minimum absolute atomic E-state index is 0.134. The maximum Gasteiger partial charge on any atom is 0.238 e. The van der Waals surface area contributed by atoms with Gasteiger partial charge in [0.05, 0.1) is 12.2 Å². The van der Waals surface area contributed by atoms with E-state index in [4.69, 9.17) is 22.0 Å². The van der Waals surface area contributed by atoms with Crippen molar-refractivity contribution < 1.29 is 9.90 Å². The highest BCUT2D eigenvalue weighted by molar-refractivity contribution is 6.27. The molecule has 0 aromatic heterocycles. The molecule has 12 heavy (non-hydrogen) atoms. The summed E-state index contributed by atoms with van der Waals surface area (Å²) in [7, 11) is 0. The number of carbonyl (C=O) groups is 1. The monoisotopic (exact) mass is 188 g/mol. The Bertz CT molecular complexity index is 226. The summed E-state index contributed by atoms with van der Waals surface area (Å²) in [6.45, 7) is 0.226. The van der Waals surface area contributed by atoms with Crippen molar-refractivity contribution in [2.24, 2.45) is 0 Å². The number of carbonyl (C=O) groups excluding carboxylic acids is 1. The van der Waals surface area contributed by atoms with Gasteiger partial charge in [0, 0.05) is 13.0 Å². The van der Waals surface area contributed by atoms with Crippen LogP contribution in [0, 0.1) is 11.3 Å². The lowest BCUT2D eigenvalue weighted by molar-refractivity contribution is -0.128. The molecule has 0 aliphatic carbocycles. The quantitative estimate of drug-likeness (QED) is 0.576. The summed E-state index contributed by atoms with van der Waals surface area (Å²) in [5.74, 6) is -0.426. The van der Waals surface area contributed by atoms with Gasteiger partial charge in [-0.15, -0.1) is 11.6 Å². The highest BCUT2D eigenvalue weighted by Gasteiger charge is 2.33. The van der Waals surface area contributed by atoms with Crippen molar-refractivity contribution in [2.75, 3.05) is 12.4 Å². The van der Waals surface area contributed by atoms with Crippen molar-refractivity contribution in [3.8, 4) is 6.07 Å². The van der Waals surface area contributed by atoms with Crippen molar-refractivity contribution in [1.82, 2.24) is 4.90 Å². The number of aliphatic hydroxyl groups excluding tert-OH is 1.